The molecule has 0 spiro atoms. The fraction of sp³-hybridized carbons (Fsp3) is 0.304. The van der Waals surface area contributed by atoms with Crippen molar-refractivity contribution in [1.82, 2.24) is 15.1 Å². The number of carbonyl (C=O) groups is 1. The van der Waals surface area contributed by atoms with Crippen molar-refractivity contribution < 1.29 is 9.53 Å². The maximum absolute atomic E-state index is 12.7. The van der Waals surface area contributed by atoms with Gasteiger partial charge in [-0.05, 0) is 77.7 Å². The number of nitrogens with one attached hydrogen (secondary N) is 1. The number of aromatic nitrogens is 2. The topological polar surface area (TPSA) is 56.1 Å². The summed E-state index contributed by atoms with van der Waals surface area (Å²) in [6, 6.07) is 15.9. The molecule has 1 N–H and O–H groups in total. The number of aryl methyl sites for hydroxylation is 3. The van der Waals surface area contributed by atoms with Gasteiger partial charge in [-0.1, -0.05) is 38.1 Å². The number of benzene rings is 2. The minimum atomic E-state index is -0.0974. The quantitative estimate of drug-likeness (QED) is 0.422. The first-order valence-electron chi connectivity index (χ1n) is 9.94. The summed E-state index contributed by atoms with van der Waals surface area (Å²) in [5.74, 6) is 1.49. The van der Waals surface area contributed by atoms with Crippen LogP contribution in [0.1, 0.15) is 48.1 Å². The molecular formula is C23H26IN3O2. The van der Waals surface area contributed by atoms with Gasteiger partial charge in [-0.2, -0.15) is 5.10 Å². The van der Waals surface area contributed by atoms with Crippen molar-refractivity contribution >= 4 is 28.5 Å². The largest absolute Gasteiger partial charge is 0.457 e. The van der Waals surface area contributed by atoms with Crippen molar-refractivity contribution in [3.8, 4) is 11.5 Å². The molecule has 152 valence electrons. The lowest BCUT2D eigenvalue weighted by Gasteiger charge is -2.09. The van der Waals surface area contributed by atoms with Gasteiger partial charge in [0.25, 0.3) is 5.91 Å². The molecule has 2 aromatic carbocycles. The van der Waals surface area contributed by atoms with Crippen LogP contribution in [0.2, 0.25) is 0 Å². The van der Waals surface area contributed by atoms with Crippen molar-refractivity contribution in [3.05, 3.63) is 74.6 Å². The van der Waals surface area contributed by atoms with Crippen molar-refractivity contribution in [3.63, 3.8) is 0 Å². The van der Waals surface area contributed by atoms with E-state index in [0.717, 1.165) is 39.2 Å². The van der Waals surface area contributed by atoms with Gasteiger partial charge in [0, 0.05) is 13.1 Å². The molecule has 0 atom stereocenters. The zero-order valence-corrected chi connectivity index (χ0v) is 19.2. The molecule has 3 rings (SSSR count). The maximum atomic E-state index is 12.7. The Morgan fingerprint density at radius 1 is 0.966 bits per heavy atom. The van der Waals surface area contributed by atoms with Gasteiger partial charge in [0.2, 0.25) is 0 Å². The van der Waals surface area contributed by atoms with Crippen LogP contribution in [0, 0.1) is 3.57 Å². The number of carbonyl (C=O) groups excluding carboxylic acids is 1. The fourth-order valence-corrected chi connectivity index (χ4v) is 4.04. The number of ether oxygens (including phenoxy) is 1. The van der Waals surface area contributed by atoms with Crippen LogP contribution >= 0.6 is 22.6 Å². The van der Waals surface area contributed by atoms with E-state index in [9.17, 15) is 4.79 Å². The molecule has 0 radical (unpaired) electrons. The van der Waals surface area contributed by atoms with E-state index < -0.39 is 0 Å². The third-order valence-corrected chi connectivity index (χ3v) is 5.89. The van der Waals surface area contributed by atoms with Gasteiger partial charge in [0.05, 0.1) is 9.26 Å². The van der Waals surface area contributed by atoms with E-state index in [1.54, 1.807) is 4.68 Å². The predicted octanol–water partition coefficient (Wildman–Crippen LogP) is 5.35. The van der Waals surface area contributed by atoms with Crippen LogP contribution in [0.5, 0.6) is 11.5 Å². The summed E-state index contributed by atoms with van der Waals surface area (Å²) < 4.78 is 8.60. The van der Waals surface area contributed by atoms with Gasteiger partial charge in [-0.3, -0.25) is 9.48 Å². The van der Waals surface area contributed by atoms with Gasteiger partial charge < -0.3 is 10.1 Å². The minimum Gasteiger partial charge on any atom is -0.457 e. The first-order chi connectivity index (χ1) is 14.0. The van der Waals surface area contributed by atoms with Crippen LogP contribution in [0.3, 0.4) is 0 Å². The van der Waals surface area contributed by atoms with Crippen molar-refractivity contribution in [2.45, 2.75) is 46.7 Å². The molecule has 0 fully saturated rings. The summed E-state index contributed by atoms with van der Waals surface area (Å²) in [4.78, 5) is 12.7. The van der Waals surface area contributed by atoms with Crippen molar-refractivity contribution in [1.29, 1.82) is 0 Å². The highest BCUT2D eigenvalue weighted by Crippen LogP contribution is 2.22. The maximum Gasteiger partial charge on any atom is 0.270 e. The molecule has 0 unspecified atom stereocenters. The Kier molecular flexibility index (Phi) is 7.30. The summed E-state index contributed by atoms with van der Waals surface area (Å²) in [5.41, 5.74) is 3.90. The van der Waals surface area contributed by atoms with Crippen molar-refractivity contribution in [2.24, 2.45) is 0 Å². The van der Waals surface area contributed by atoms with E-state index >= 15 is 0 Å². The third kappa shape index (κ3) is 5.18. The number of rotatable bonds is 8. The smallest absolute Gasteiger partial charge is 0.270 e. The van der Waals surface area contributed by atoms with Crippen LogP contribution in [0.4, 0.5) is 0 Å². The first-order valence-corrected chi connectivity index (χ1v) is 11.0. The van der Waals surface area contributed by atoms with E-state index in [2.05, 4.69) is 52.1 Å². The first kappa shape index (κ1) is 21.4. The third-order valence-electron chi connectivity index (χ3n) is 4.75. The van der Waals surface area contributed by atoms with Crippen LogP contribution in [0.25, 0.3) is 0 Å². The highest BCUT2D eigenvalue weighted by atomic mass is 127. The molecule has 0 aliphatic rings. The molecule has 1 aromatic heterocycles. The number of halogens is 1. The highest BCUT2D eigenvalue weighted by molar-refractivity contribution is 14.1. The lowest BCUT2D eigenvalue weighted by Crippen LogP contribution is -2.26. The Morgan fingerprint density at radius 3 is 2.07 bits per heavy atom. The standard InChI is InChI=1S/C23H26IN3O2/c1-4-16-7-11-18(12-8-16)29-19-13-9-17(10-14-19)15-25-23(28)22-21(24)20(5-2)26-27(22)6-3/h7-14H,4-6,15H2,1-3H3,(H,25,28). The second-order valence-electron chi connectivity index (χ2n) is 6.70. The molecule has 0 bridgehead atoms. The van der Waals surface area contributed by atoms with Gasteiger partial charge in [-0.25, -0.2) is 0 Å². The van der Waals surface area contributed by atoms with Crippen LogP contribution in [-0.2, 0) is 25.9 Å². The summed E-state index contributed by atoms with van der Waals surface area (Å²) >= 11 is 2.21. The average molecular weight is 503 g/mol. The van der Waals surface area contributed by atoms with E-state index in [4.69, 9.17) is 4.74 Å². The minimum absolute atomic E-state index is 0.0974. The zero-order valence-electron chi connectivity index (χ0n) is 17.0. The monoisotopic (exact) mass is 503 g/mol. The van der Waals surface area contributed by atoms with Gasteiger partial charge in [-0.15, -0.1) is 0 Å². The summed E-state index contributed by atoms with van der Waals surface area (Å²) in [7, 11) is 0. The molecule has 3 aromatic rings. The second kappa shape index (κ2) is 9.91. The highest BCUT2D eigenvalue weighted by Gasteiger charge is 2.20. The Morgan fingerprint density at radius 2 is 1.55 bits per heavy atom. The van der Waals surface area contributed by atoms with Crippen molar-refractivity contribution in [2.75, 3.05) is 0 Å². The van der Waals surface area contributed by atoms with Gasteiger partial charge in [0.1, 0.15) is 17.2 Å². The lowest BCUT2D eigenvalue weighted by molar-refractivity contribution is 0.0939. The summed E-state index contributed by atoms with van der Waals surface area (Å²) in [6.45, 7) is 7.30. The molecule has 29 heavy (non-hydrogen) atoms. The van der Waals surface area contributed by atoms with E-state index in [-0.39, 0.29) is 5.91 Å². The molecule has 6 heteroatoms. The number of hydrogen-bond acceptors (Lipinski definition) is 3. The number of amides is 1. The molecule has 0 aliphatic carbocycles. The molecule has 0 saturated carbocycles. The zero-order chi connectivity index (χ0) is 20.8. The molecule has 1 amide bonds. The fourth-order valence-electron chi connectivity index (χ4n) is 3.03. The Balaban J connectivity index is 1.61. The molecule has 5 nitrogen and oxygen atoms in total. The number of nitrogens with zero attached hydrogens (tertiary/aromatic N) is 2. The van der Waals surface area contributed by atoms with Crippen LogP contribution < -0.4 is 10.1 Å². The van der Waals surface area contributed by atoms with Gasteiger partial charge in [0.15, 0.2) is 0 Å². The second-order valence-corrected chi connectivity index (χ2v) is 7.78. The van der Waals surface area contributed by atoms with Crippen LogP contribution in [-0.4, -0.2) is 15.7 Å². The molecule has 0 saturated heterocycles. The van der Waals surface area contributed by atoms with E-state index in [1.165, 1.54) is 5.56 Å². The van der Waals surface area contributed by atoms with E-state index in [0.29, 0.717) is 18.8 Å². The lowest BCUT2D eigenvalue weighted by atomic mass is 10.2. The van der Waals surface area contributed by atoms with Crippen LogP contribution in [0.15, 0.2) is 48.5 Å². The normalized spacial score (nSPS) is 10.8. The molecular weight excluding hydrogens is 477 g/mol. The Bertz CT molecular complexity index is 963. The Labute approximate surface area is 185 Å². The SMILES string of the molecule is CCc1ccc(Oc2ccc(CNC(=O)c3c(I)c(CC)nn3CC)cc2)cc1. The summed E-state index contributed by atoms with van der Waals surface area (Å²) in [6.07, 6.45) is 1.83. The summed E-state index contributed by atoms with van der Waals surface area (Å²) in [5, 5.41) is 7.52. The van der Waals surface area contributed by atoms with Gasteiger partial charge >= 0.3 is 0 Å². The molecule has 0 aliphatic heterocycles. The Hall–Kier alpha value is -2.35. The molecule has 1 heterocycles. The number of hydrogen-bond donors (Lipinski definition) is 1. The predicted molar refractivity (Wildman–Crippen MR) is 124 cm³/mol. The average Bonchev–Trinajstić information content (AvgIpc) is 3.09. The van der Waals surface area contributed by atoms with E-state index in [1.807, 2.05) is 50.2 Å².